The van der Waals surface area contributed by atoms with Crippen molar-refractivity contribution < 1.29 is 14.6 Å². The highest BCUT2D eigenvalue weighted by molar-refractivity contribution is 5.78. The van der Waals surface area contributed by atoms with Crippen LogP contribution in [0.15, 0.2) is 30.3 Å². The Balaban J connectivity index is 2.41. The molecule has 1 aromatic rings. The molecule has 0 spiro atoms. The van der Waals surface area contributed by atoms with Gasteiger partial charge in [0.2, 0.25) is 5.91 Å². The van der Waals surface area contributed by atoms with E-state index in [-0.39, 0.29) is 18.6 Å². The van der Waals surface area contributed by atoms with Crippen LogP contribution >= 0.6 is 0 Å². The van der Waals surface area contributed by atoms with Crippen LogP contribution in [0, 0.1) is 0 Å². The molecule has 4 nitrogen and oxygen atoms in total. The van der Waals surface area contributed by atoms with Crippen LogP contribution in [-0.2, 0) is 16.0 Å². The van der Waals surface area contributed by atoms with Crippen LogP contribution in [0.4, 0.5) is 0 Å². The fourth-order valence-electron chi connectivity index (χ4n) is 1.40. The van der Waals surface area contributed by atoms with Crippen LogP contribution in [0.3, 0.4) is 0 Å². The molecule has 0 aliphatic carbocycles. The maximum Gasteiger partial charge on any atom is 0.224 e. The molecule has 1 amide bonds. The minimum atomic E-state index is -0.332. The highest BCUT2D eigenvalue weighted by Gasteiger charge is 2.10. The van der Waals surface area contributed by atoms with E-state index in [1.54, 1.807) is 0 Å². The number of hydrogen-bond acceptors (Lipinski definition) is 3. The van der Waals surface area contributed by atoms with Crippen LogP contribution < -0.4 is 5.32 Å². The monoisotopic (exact) mass is 223 g/mol. The van der Waals surface area contributed by atoms with Crippen LogP contribution in [0.1, 0.15) is 5.56 Å². The van der Waals surface area contributed by atoms with Crippen molar-refractivity contribution in [2.75, 3.05) is 20.3 Å². The number of rotatable bonds is 6. The maximum absolute atomic E-state index is 11.6. The first-order valence-corrected chi connectivity index (χ1v) is 5.19. The van der Waals surface area contributed by atoms with E-state index < -0.39 is 0 Å². The molecule has 0 aromatic heterocycles. The Morgan fingerprint density at radius 1 is 1.44 bits per heavy atom. The SMILES string of the molecule is COCC(CO)NC(=O)Cc1ccccc1. The number of hydrogen-bond donors (Lipinski definition) is 2. The van der Waals surface area contributed by atoms with Crippen molar-refractivity contribution in [3.8, 4) is 0 Å². The van der Waals surface area contributed by atoms with Gasteiger partial charge in [-0.2, -0.15) is 0 Å². The van der Waals surface area contributed by atoms with Gasteiger partial charge in [0.05, 0.1) is 25.7 Å². The lowest BCUT2D eigenvalue weighted by Crippen LogP contribution is -2.41. The summed E-state index contributed by atoms with van der Waals surface area (Å²) in [6, 6.07) is 9.14. The molecule has 1 atom stereocenters. The second-order valence-corrected chi connectivity index (χ2v) is 3.56. The summed E-state index contributed by atoms with van der Waals surface area (Å²) >= 11 is 0. The third-order valence-corrected chi connectivity index (χ3v) is 2.16. The number of benzene rings is 1. The average molecular weight is 223 g/mol. The van der Waals surface area contributed by atoms with Crippen molar-refractivity contribution in [3.63, 3.8) is 0 Å². The summed E-state index contributed by atoms with van der Waals surface area (Å²) in [5.41, 5.74) is 0.953. The minimum absolute atomic E-state index is 0.109. The molecule has 16 heavy (non-hydrogen) atoms. The normalized spacial score (nSPS) is 12.1. The number of carbonyl (C=O) groups excluding carboxylic acids is 1. The third kappa shape index (κ3) is 4.42. The molecule has 0 fully saturated rings. The van der Waals surface area contributed by atoms with E-state index in [9.17, 15) is 4.79 Å². The smallest absolute Gasteiger partial charge is 0.224 e. The van der Waals surface area contributed by atoms with Crippen LogP contribution in [0.25, 0.3) is 0 Å². The quantitative estimate of drug-likeness (QED) is 0.731. The van der Waals surface area contributed by atoms with Crippen LogP contribution in [0.5, 0.6) is 0 Å². The van der Waals surface area contributed by atoms with E-state index in [4.69, 9.17) is 9.84 Å². The van der Waals surface area contributed by atoms with Crippen LogP contribution in [0.2, 0.25) is 0 Å². The van der Waals surface area contributed by atoms with Crippen molar-refractivity contribution in [1.29, 1.82) is 0 Å². The fraction of sp³-hybridized carbons (Fsp3) is 0.417. The van der Waals surface area contributed by atoms with Gasteiger partial charge in [-0.15, -0.1) is 0 Å². The summed E-state index contributed by atoms with van der Waals surface area (Å²) in [5.74, 6) is -0.109. The zero-order valence-corrected chi connectivity index (χ0v) is 9.35. The van der Waals surface area contributed by atoms with Crippen molar-refractivity contribution in [3.05, 3.63) is 35.9 Å². The first-order valence-electron chi connectivity index (χ1n) is 5.19. The Bertz CT molecular complexity index is 313. The molecular weight excluding hydrogens is 206 g/mol. The van der Waals surface area contributed by atoms with E-state index in [1.807, 2.05) is 30.3 Å². The highest BCUT2D eigenvalue weighted by Crippen LogP contribution is 1.99. The Hall–Kier alpha value is -1.39. The van der Waals surface area contributed by atoms with Gasteiger partial charge < -0.3 is 15.2 Å². The standard InChI is InChI=1S/C12H17NO3/c1-16-9-11(8-14)13-12(15)7-10-5-3-2-4-6-10/h2-6,11,14H,7-9H2,1H3,(H,13,15). The fourth-order valence-corrected chi connectivity index (χ4v) is 1.40. The number of amides is 1. The predicted molar refractivity (Wildman–Crippen MR) is 61.0 cm³/mol. The molecule has 0 radical (unpaired) electrons. The third-order valence-electron chi connectivity index (χ3n) is 2.16. The average Bonchev–Trinajstić information content (AvgIpc) is 2.29. The summed E-state index contributed by atoms with van der Waals surface area (Å²) in [4.78, 5) is 11.6. The lowest BCUT2D eigenvalue weighted by atomic mass is 10.1. The van der Waals surface area contributed by atoms with Gasteiger partial charge in [0.25, 0.3) is 0 Å². The zero-order valence-electron chi connectivity index (χ0n) is 9.35. The first-order chi connectivity index (χ1) is 7.76. The molecule has 0 bridgehead atoms. The van der Waals surface area contributed by atoms with Gasteiger partial charge in [-0.25, -0.2) is 0 Å². The molecule has 1 rings (SSSR count). The molecule has 1 unspecified atom stereocenters. The topological polar surface area (TPSA) is 58.6 Å². The van der Waals surface area contributed by atoms with Crippen LogP contribution in [-0.4, -0.2) is 37.4 Å². The van der Waals surface area contributed by atoms with Crippen molar-refractivity contribution in [1.82, 2.24) is 5.32 Å². The number of methoxy groups -OCH3 is 1. The highest BCUT2D eigenvalue weighted by atomic mass is 16.5. The van der Waals surface area contributed by atoms with Gasteiger partial charge in [-0.3, -0.25) is 4.79 Å². The Labute approximate surface area is 95.2 Å². The van der Waals surface area contributed by atoms with Crippen molar-refractivity contribution in [2.24, 2.45) is 0 Å². The van der Waals surface area contributed by atoms with E-state index in [0.29, 0.717) is 13.0 Å². The van der Waals surface area contributed by atoms with Gasteiger partial charge in [0.1, 0.15) is 0 Å². The number of carbonyl (C=O) groups is 1. The van der Waals surface area contributed by atoms with E-state index in [1.165, 1.54) is 7.11 Å². The Morgan fingerprint density at radius 3 is 2.69 bits per heavy atom. The zero-order chi connectivity index (χ0) is 11.8. The molecule has 4 heteroatoms. The van der Waals surface area contributed by atoms with Gasteiger partial charge >= 0.3 is 0 Å². The Morgan fingerprint density at radius 2 is 2.12 bits per heavy atom. The molecule has 0 saturated heterocycles. The summed E-state index contributed by atoms with van der Waals surface area (Å²) in [5, 5.41) is 11.7. The van der Waals surface area contributed by atoms with Gasteiger partial charge in [0, 0.05) is 7.11 Å². The molecule has 88 valence electrons. The molecular formula is C12H17NO3. The van der Waals surface area contributed by atoms with E-state index in [0.717, 1.165) is 5.56 Å². The number of aliphatic hydroxyl groups is 1. The van der Waals surface area contributed by atoms with Gasteiger partial charge in [-0.1, -0.05) is 30.3 Å². The second kappa shape index (κ2) is 6.98. The molecule has 2 N–H and O–H groups in total. The molecule has 0 heterocycles. The first kappa shape index (κ1) is 12.7. The largest absolute Gasteiger partial charge is 0.394 e. The Kier molecular flexibility index (Phi) is 5.53. The lowest BCUT2D eigenvalue weighted by Gasteiger charge is -2.15. The van der Waals surface area contributed by atoms with Crippen molar-refractivity contribution >= 4 is 5.91 Å². The molecule has 0 aliphatic heterocycles. The lowest BCUT2D eigenvalue weighted by molar-refractivity contribution is -0.121. The minimum Gasteiger partial charge on any atom is -0.394 e. The number of aliphatic hydroxyl groups excluding tert-OH is 1. The summed E-state index contributed by atoms with van der Waals surface area (Å²) < 4.78 is 4.87. The summed E-state index contributed by atoms with van der Waals surface area (Å²) in [6.45, 7) is 0.200. The van der Waals surface area contributed by atoms with Gasteiger partial charge in [0.15, 0.2) is 0 Å². The van der Waals surface area contributed by atoms with E-state index >= 15 is 0 Å². The second-order valence-electron chi connectivity index (χ2n) is 3.56. The maximum atomic E-state index is 11.6. The molecule has 0 aliphatic rings. The molecule has 0 saturated carbocycles. The number of ether oxygens (including phenoxy) is 1. The molecule has 1 aromatic carbocycles. The van der Waals surface area contributed by atoms with Crippen molar-refractivity contribution in [2.45, 2.75) is 12.5 Å². The predicted octanol–water partition coefficient (Wildman–Crippen LogP) is 0.353. The van der Waals surface area contributed by atoms with Gasteiger partial charge in [-0.05, 0) is 5.56 Å². The number of nitrogens with one attached hydrogen (secondary N) is 1. The summed E-state index contributed by atoms with van der Waals surface area (Å²) in [7, 11) is 1.53. The summed E-state index contributed by atoms with van der Waals surface area (Å²) in [6.07, 6.45) is 0.320. The van der Waals surface area contributed by atoms with E-state index in [2.05, 4.69) is 5.32 Å².